The fourth-order valence-electron chi connectivity index (χ4n) is 1.18. The van der Waals surface area contributed by atoms with Crippen molar-refractivity contribution >= 4 is 16.5 Å². The largest absolute Gasteiger partial charge is 0.375 e. The molecule has 2 N–H and O–H groups in total. The molecule has 0 aliphatic rings. The third kappa shape index (κ3) is 2.33. The first-order valence-corrected chi connectivity index (χ1v) is 5.71. The highest BCUT2D eigenvalue weighted by Crippen LogP contribution is 2.21. The fraction of sp³-hybridized carbons (Fsp3) is 0.444. The zero-order valence-electron chi connectivity index (χ0n) is 8.43. The van der Waals surface area contributed by atoms with Gasteiger partial charge in [-0.3, -0.25) is 0 Å². The van der Waals surface area contributed by atoms with Gasteiger partial charge in [0.25, 0.3) is 5.89 Å². The molecule has 0 amide bonds. The van der Waals surface area contributed by atoms with Crippen molar-refractivity contribution < 1.29 is 4.52 Å². The third-order valence-electron chi connectivity index (χ3n) is 1.96. The van der Waals surface area contributed by atoms with Crippen LogP contribution in [0.2, 0.25) is 0 Å². The van der Waals surface area contributed by atoms with Crippen molar-refractivity contribution in [2.75, 3.05) is 5.73 Å². The van der Waals surface area contributed by atoms with Gasteiger partial charge in [-0.05, 0) is 6.42 Å². The lowest BCUT2D eigenvalue weighted by Gasteiger charge is -1.87. The average Bonchev–Trinajstić information content (AvgIpc) is 2.83. The highest BCUT2D eigenvalue weighted by molar-refractivity contribution is 7.13. The first-order chi connectivity index (χ1) is 7.29. The number of rotatable bonds is 4. The lowest BCUT2D eigenvalue weighted by atomic mass is 10.2. The molecule has 80 valence electrons. The van der Waals surface area contributed by atoms with E-state index in [0.29, 0.717) is 16.7 Å². The van der Waals surface area contributed by atoms with Gasteiger partial charge in [0.15, 0.2) is 11.0 Å². The quantitative estimate of drug-likeness (QED) is 0.860. The van der Waals surface area contributed by atoms with Crippen LogP contribution in [-0.4, -0.2) is 15.1 Å². The maximum atomic E-state index is 5.52. The minimum atomic E-state index is 0.453. The van der Waals surface area contributed by atoms with Crippen molar-refractivity contribution in [1.82, 2.24) is 15.1 Å². The molecule has 0 saturated carbocycles. The molecule has 0 bridgehead atoms. The van der Waals surface area contributed by atoms with Crippen LogP contribution in [-0.2, 0) is 6.42 Å². The molecule has 0 fully saturated rings. The Morgan fingerprint density at radius 3 is 3.00 bits per heavy atom. The van der Waals surface area contributed by atoms with Crippen molar-refractivity contribution in [2.24, 2.45) is 0 Å². The molecule has 0 radical (unpaired) electrons. The van der Waals surface area contributed by atoms with Gasteiger partial charge in [0.2, 0.25) is 0 Å². The minimum absolute atomic E-state index is 0.453. The summed E-state index contributed by atoms with van der Waals surface area (Å²) in [6.45, 7) is 2.13. The van der Waals surface area contributed by atoms with Gasteiger partial charge in [-0.15, -0.1) is 11.3 Å². The molecule has 2 aromatic rings. The summed E-state index contributed by atoms with van der Waals surface area (Å²) in [6.07, 6.45) is 3.03. The topological polar surface area (TPSA) is 77.8 Å². The summed E-state index contributed by atoms with van der Waals surface area (Å²) in [6, 6.07) is 0. The van der Waals surface area contributed by atoms with Gasteiger partial charge in [-0.25, -0.2) is 4.98 Å². The summed E-state index contributed by atoms with van der Waals surface area (Å²) in [5, 5.41) is 6.20. The van der Waals surface area contributed by atoms with Crippen LogP contribution < -0.4 is 5.73 Å². The van der Waals surface area contributed by atoms with Crippen LogP contribution in [0.5, 0.6) is 0 Å². The zero-order chi connectivity index (χ0) is 10.7. The van der Waals surface area contributed by atoms with Crippen molar-refractivity contribution in [3.63, 3.8) is 0 Å². The lowest BCUT2D eigenvalue weighted by Crippen LogP contribution is -1.87. The summed E-state index contributed by atoms with van der Waals surface area (Å²) in [7, 11) is 0. The van der Waals surface area contributed by atoms with E-state index >= 15 is 0 Å². The molecule has 5 nitrogen and oxygen atoms in total. The van der Waals surface area contributed by atoms with Crippen LogP contribution in [0.25, 0.3) is 11.6 Å². The van der Waals surface area contributed by atoms with E-state index in [4.69, 9.17) is 10.3 Å². The van der Waals surface area contributed by atoms with Crippen LogP contribution in [0, 0.1) is 0 Å². The molecule has 0 aromatic carbocycles. The molecule has 0 aliphatic heterocycles. The van der Waals surface area contributed by atoms with E-state index in [1.165, 1.54) is 11.3 Å². The second kappa shape index (κ2) is 4.39. The van der Waals surface area contributed by atoms with E-state index < -0.39 is 0 Å². The number of unbranched alkanes of at least 4 members (excludes halogenated alkanes) is 1. The Balaban J connectivity index is 2.13. The zero-order valence-corrected chi connectivity index (χ0v) is 9.25. The number of nitrogens with zero attached hydrogens (tertiary/aromatic N) is 3. The maximum absolute atomic E-state index is 5.52. The number of anilines is 1. The van der Waals surface area contributed by atoms with E-state index in [2.05, 4.69) is 22.0 Å². The molecule has 0 atom stereocenters. The van der Waals surface area contributed by atoms with Gasteiger partial charge in [-0.1, -0.05) is 18.5 Å². The number of hydrogen-bond donors (Lipinski definition) is 1. The number of aryl methyl sites for hydroxylation is 1. The average molecular weight is 224 g/mol. The van der Waals surface area contributed by atoms with Crippen molar-refractivity contribution in [2.45, 2.75) is 26.2 Å². The van der Waals surface area contributed by atoms with E-state index in [1.54, 1.807) is 0 Å². The smallest absolute Gasteiger partial charge is 0.277 e. The molecule has 2 heterocycles. The van der Waals surface area contributed by atoms with E-state index in [0.717, 1.165) is 25.1 Å². The Morgan fingerprint density at radius 2 is 2.33 bits per heavy atom. The second-order valence-electron chi connectivity index (χ2n) is 3.19. The van der Waals surface area contributed by atoms with Crippen LogP contribution >= 0.6 is 11.3 Å². The van der Waals surface area contributed by atoms with E-state index in [1.807, 2.05) is 5.38 Å². The molecule has 15 heavy (non-hydrogen) atoms. The van der Waals surface area contributed by atoms with Gasteiger partial charge < -0.3 is 10.3 Å². The van der Waals surface area contributed by atoms with Gasteiger partial charge in [0, 0.05) is 11.8 Å². The maximum Gasteiger partial charge on any atom is 0.277 e. The predicted molar refractivity (Wildman–Crippen MR) is 58.4 cm³/mol. The molecule has 0 spiro atoms. The van der Waals surface area contributed by atoms with Gasteiger partial charge in [0.05, 0.1) is 0 Å². The van der Waals surface area contributed by atoms with Crippen LogP contribution in [0.1, 0.15) is 25.6 Å². The highest BCUT2D eigenvalue weighted by atomic mass is 32.1. The highest BCUT2D eigenvalue weighted by Gasteiger charge is 2.11. The Kier molecular flexibility index (Phi) is 2.96. The summed E-state index contributed by atoms with van der Waals surface area (Å²) in [5.41, 5.74) is 6.18. The normalized spacial score (nSPS) is 10.7. The number of nitrogen functional groups attached to an aromatic ring is 1. The van der Waals surface area contributed by atoms with Crippen LogP contribution in [0.4, 0.5) is 5.13 Å². The molecule has 0 unspecified atom stereocenters. The van der Waals surface area contributed by atoms with Crippen molar-refractivity contribution in [3.05, 3.63) is 11.2 Å². The lowest BCUT2D eigenvalue weighted by molar-refractivity contribution is 0.420. The monoisotopic (exact) mass is 224 g/mol. The summed E-state index contributed by atoms with van der Waals surface area (Å²) < 4.78 is 5.09. The number of thiazole rings is 1. The standard InChI is InChI=1S/C9H12N4OS/c1-2-3-4-7-12-8(14-13-7)6-5-15-9(10)11-6/h5H,2-4H2,1H3,(H2,10,11). The summed E-state index contributed by atoms with van der Waals surface area (Å²) >= 11 is 1.37. The van der Waals surface area contributed by atoms with Gasteiger partial charge in [-0.2, -0.15) is 4.98 Å². The van der Waals surface area contributed by atoms with E-state index in [9.17, 15) is 0 Å². The van der Waals surface area contributed by atoms with Crippen LogP contribution in [0.3, 0.4) is 0 Å². The molecule has 2 rings (SSSR count). The number of hydrogen-bond acceptors (Lipinski definition) is 6. The Bertz CT molecular complexity index is 437. The fourth-order valence-corrected chi connectivity index (χ4v) is 1.72. The Morgan fingerprint density at radius 1 is 1.47 bits per heavy atom. The first kappa shape index (κ1) is 10.1. The molecule has 0 aliphatic carbocycles. The Labute approximate surface area is 91.3 Å². The van der Waals surface area contributed by atoms with Crippen molar-refractivity contribution in [1.29, 1.82) is 0 Å². The van der Waals surface area contributed by atoms with E-state index in [-0.39, 0.29) is 0 Å². The summed E-state index contributed by atoms with van der Waals surface area (Å²) in [4.78, 5) is 8.32. The van der Waals surface area contributed by atoms with Crippen molar-refractivity contribution in [3.8, 4) is 11.6 Å². The molecule has 2 aromatic heterocycles. The summed E-state index contributed by atoms with van der Waals surface area (Å²) in [5.74, 6) is 1.19. The Hall–Kier alpha value is -1.43. The number of aromatic nitrogens is 3. The third-order valence-corrected chi connectivity index (χ3v) is 2.64. The minimum Gasteiger partial charge on any atom is -0.375 e. The second-order valence-corrected chi connectivity index (χ2v) is 4.08. The first-order valence-electron chi connectivity index (χ1n) is 4.83. The predicted octanol–water partition coefficient (Wildman–Crippen LogP) is 2.12. The van der Waals surface area contributed by atoms with Gasteiger partial charge in [0.1, 0.15) is 5.69 Å². The SMILES string of the molecule is CCCCc1noc(-c2csc(N)n2)n1. The van der Waals surface area contributed by atoms with Crippen LogP contribution in [0.15, 0.2) is 9.90 Å². The molecular weight excluding hydrogens is 212 g/mol. The molecular formula is C9H12N4OS. The molecule has 6 heteroatoms. The number of nitrogens with two attached hydrogens (primary N) is 1. The van der Waals surface area contributed by atoms with Gasteiger partial charge >= 0.3 is 0 Å². The molecule has 0 saturated heterocycles.